The van der Waals surface area contributed by atoms with Gasteiger partial charge in [-0.05, 0) is 0 Å². The van der Waals surface area contributed by atoms with Crippen molar-refractivity contribution in [2.45, 2.75) is 24.4 Å². The maximum atomic E-state index is 9.45. The molecule has 0 aliphatic heterocycles. The van der Waals surface area contributed by atoms with E-state index in [0.29, 0.717) is 24.1 Å². The second kappa shape index (κ2) is 10.4. The van der Waals surface area contributed by atoms with Crippen molar-refractivity contribution in [3.63, 3.8) is 0 Å². The van der Waals surface area contributed by atoms with Gasteiger partial charge in [0.2, 0.25) is 0 Å². The number of thiocyanates is 2. The molecule has 0 amide bonds. The lowest BCUT2D eigenvalue weighted by Gasteiger charge is -2.25. The van der Waals surface area contributed by atoms with E-state index in [0.717, 1.165) is 0 Å². The summed E-state index contributed by atoms with van der Waals surface area (Å²) >= 11 is 0.834. The van der Waals surface area contributed by atoms with Crippen LogP contribution in [0.4, 0.5) is 0 Å². The minimum Gasteiger partial charge on any atom is -0.388 e. The van der Waals surface area contributed by atoms with E-state index in [1.165, 1.54) is 0 Å². The Kier molecular flexibility index (Phi) is 10.0. The molecule has 0 radical (unpaired) electrons. The predicted molar refractivity (Wildman–Crippen MR) is 62.3 cm³/mol. The molecule has 0 aromatic rings. The van der Waals surface area contributed by atoms with Gasteiger partial charge in [-0.25, -0.2) is 0 Å². The molecule has 0 fully saturated rings. The second-order valence-electron chi connectivity index (χ2n) is 3.03. The Morgan fingerprint density at radius 1 is 0.833 bits per heavy atom. The third-order valence-corrected chi connectivity index (χ3v) is 2.47. The Balaban J connectivity index is 4.02. The van der Waals surface area contributed by atoms with E-state index < -0.39 is 37.6 Å². The Morgan fingerprint density at radius 2 is 1.17 bits per heavy atom. The zero-order valence-corrected chi connectivity index (χ0v) is 10.7. The summed E-state index contributed by atoms with van der Waals surface area (Å²) in [7, 11) is 0. The van der Waals surface area contributed by atoms with Crippen molar-refractivity contribution in [1.29, 1.82) is 10.5 Å². The third kappa shape index (κ3) is 7.00. The van der Waals surface area contributed by atoms with Gasteiger partial charge in [-0.1, -0.05) is 0 Å². The van der Waals surface area contributed by atoms with Gasteiger partial charge in [0.05, 0.1) is 13.2 Å². The molecule has 0 aliphatic rings. The molecule has 0 rings (SSSR count). The fraction of sp³-hybridized carbons (Fsp3) is 0.750. The lowest BCUT2D eigenvalue weighted by atomic mass is 10.0. The van der Waals surface area contributed by atoms with Crippen molar-refractivity contribution in [1.82, 2.24) is 0 Å². The lowest BCUT2D eigenvalue weighted by molar-refractivity contribution is -0.117. The molecule has 18 heavy (non-hydrogen) atoms. The standard InChI is InChI=1S/C8H12N2O6S2/c9-3-17-15-1-5(11)7(13)8(14)6(12)2-16-18-4-10/h5-8,11-14H,1-2H2/t5-,6-,7-,8-/m1/s1. The van der Waals surface area contributed by atoms with E-state index in [-0.39, 0.29) is 0 Å². The summed E-state index contributed by atoms with van der Waals surface area (Å²) in [5, 5.41) is 57.1. The van der Waals surface area contributed by atoms with Gasteiger partial charge in [0.15, 0.2) is 10.8 Å². The fourth-order valence-electron chi connectivity index (χ4n) is 0.913. The molecule has 0 aromatic carbocycles. The highest BCUT2D eigenvalue weighted by Gasteiger charge is 2.30. The van der Waals surface area contributed by atoms with Gasteiger partial charge in [0, 0.05) is 0 Å². The minimum atomic E-state index is -1.67. The summed E-state index contributed by atoms with van der Waals surface area (Å²) in [5.41, 5.74) is 0. The largest absolute Gasteiger partial charge is 0.388 e. The SMILES string of the molecule is N#CSOC[C@@H](O)[C@@H](O)[C@H](O)[C@H](O)COSC#N. The van der Waals surface area contributed by atoms with E-state index in [1.807, 2.05) is 0 Å². The van der Waals surface area contributed by atoms with Crippen LogP contribution in [0.25, 0.3) is 0 Å². The molecule has 0 aliphatic carbocycles. The number of nitriles is 2. The minimum absolute atomic E-state index is 0.392. The molecule has 4 N–H and O–H groups in total. The van der Waals surface area contributed by atoms with Crippen LogP contribution >= 0.6 is 24.1 Å². The topological polar surface area (TPSA) is 147 Å². The van der Waals surface area contributed by atoms with Crippen LogP contribution in [0.2, 0.25) is 0 Å². The highest BCUT2D eigenvalue weighted by Crippen LogP contribution is 2.10. The van der Waals surface area contributed by atoms with Crippen LogP contribution in [-0.4, -0.2) is 58.1 Å². The number of rotatable bonds is 9. The summed E-state index contributed by atoms with van der Waals surface area (Å²) in [4.78, 5) is 0. The van der Waals surface area contributed by atoms with Crippen molar-refractivity contribution in [3.05, 3.63) is 0 Å². The van der Waals surface area contributed by atoms with E-state index in [2.05, 4.69) is 8.37 Å². The molecule has 0 spiro atoms. The Labute approximate surface area is 112 Å². The van der Waals surface area contributed by atoms with Gasteiger partial charge >= 0.3 is 0 Å². The van der Waals surface area contributed by atoms with Crippen molar-refractivity contribution < 1.29 is 28.8 Å². The Bertz CT molecular complexity index is 277. The summed E-state index contributed by atoms with van der Waals surface area (Å²) in [5.74, 6) is 0. The van der Waals surface area contributed by atoms with Crippen LogP contribution in [0.1, 0.15) is 0 Å². The predicted octanol–water partition coefficient (Wildman–Crippen LogP) is -1.28. The van der Waals surface area contributed by atoms with Gasteiger partial charge in [0.1, 0.15) is 48.5 Å². The van der Waals surface area contributed by atoms with Gasteiger partial charge < -0.3 is 20.4 Å². The monoisotopic (exact) mass is 296 g/mol. The highest BCUT2D eigenvalue weighted by atomic mass is 32.2. The molecule has 0 saturated carbocycles. The molecule has 0 aromatic heterocycles. The van der Waals surface area contributed by atoms with Crippen molar-refractivity contribution in [3.8, 4) is 10.8 Å². The first-order valence-electron chi connectivity index (χ1n) is 4.62. The van der Waals surface area contributed by atoms with E-state index in [4.69, 9.17) is 10.5 Å². The maximum absolute atomic E-state index is 9.45. The fourth-order valence-corrected chi connectivity index (χ4v) is 1.43. The molecule has 0 bridgehead atoms. The summed E-state index contributed by atoms with van der Waals surface area (Å²) in [6.07, 6.45) is -6.29. The van der Waals surface area contributed by atoms with Gasteiger partial charge in [-0.3, -0.25) is 8.37 Å². The quantitative estimate of drug-likeness (QED) is 0.230. The summed E-state index contributed by atoms with van der Waals surface area (Å²) < 4.78 is 9.14. The molecule has 8 nitrogen and oxygen atoms in total. The normalized spacial score (nSPS) is 17.2. The molecular weight excluding hydrogens is 284 g/mol. The summed E-state index contributed by atoms with van der Waals surface area (Å²) in [6.45, 7) is -0.784. The first kappa shape index (κ1) is 17.4. The second-order valence-corrected chi connectivity index (χ2v) is 4.20. The number of aliphatic hydroxyl groups excluding tert-OH is 4. The molecule has 102 valence electrons. The zero-order chi connectivity index (χ0) is 14.0. The van der Waals surface area contributed by atoms with Crippen molar-refractivity contribution in [2.75, 3.05) is 13.2 Å². The first-order valence-corrected chi connectivity index (χ1v) is 6.10. The molecule has 0 unspecified atom stereocenters. The van der Waals surface area contributed by atoms with Gasteiger partial charge in [-0.2, -0.15) is 10.5 Å². The number of nitrogens with zero attached hydrogens (tertiary/aromatic N) is 2. The molecular formula is C8H12N2O6S2. The Hall–Kier alpha value is -0.560. The van der Waals surface area contributed by atoms with Gasteiger partial charge in [0.25, 0.3) is 0 Å². The van der Waals surface area contributed by atoms with Crippen molar-refractivity contribution in [2.24, 2.45) is 0 Å². The lowest BCUT2D eigenvalue weighted by Crippen LogP contribution is -2.47. The van der Waals surface area contributed by atoms with Gasteiger partial charge in [-0.15, -0.1) is 0 Å². The zero-order valence-electron chi connectivity index (χ0n) is 9.04. The van der Waals surface area contributed by atoms with Crippen LogP contribution in [0.3, 0.4) is 0 Å². The first-order chi connectivity index (χ1) is 8.54. The average Bonchev–Trinajstić information content (AvgIpc) is 2.37. The smallest absolute Gasteiger partial charge is 0.163 e. The van der Waals surface area contributed by atoms with Crippen LogP contribution in [0.15, 0.2) is 0 Å². The molecule has 0 saturated heterocycles. The highest BCUT2D eigenvalue weighted by molar-refractivity contribution is 7.99. The molecule has 10 heteroatoms. The van der Waals surface area contributed by atoms with Crippen LogP contribution < -0.4 is 0 Å². The molecule has 4 atom stereocenters. The van der Waals surface area contributed by atoms with E-state index in [1.54, 1.807) is 10.8 Å². The van der Waals surface area contributed by atoms with Crippen LogP contribution in [0, 0.1) is 21.3 Å². The Morgan fingerprint density at radius 3 is 1.44 bits per heavy atom. The molecule has 0 heterocycles. The van der Waals surface area contributed by atoms with Crippen LogP contribution in [-0.2, 0) is 8.37 Å². The van der Waals surface area contributed by atoms with Crippen LogP contribution in [0.5, 0.6) is 0 Å². The summed E-state index contributed by atoms with van der Waals surface area (Å²) in [6, 6.07) is 0. The van der Waals surface area contributed by atoms with Crippen molar-refractivity contribution >= 4 is 24.1 Å². The van der Waals surface area contributed by atoms with E-state index >= 15 is 0 Å². The number of aliphatic hydroxyl groups is 4. The number of hydrogen-bond acceptors (Lipinski definition) is 10. The maximum Gasteiger partial charge on any atom is 0.163 e. The number of hydrogen-bond donors (Lipinski definition) is 4. The van der Waals surface area contributed by atoms with E-state index in [9.17, 15) is 20.4 Å². The average molecular weight is 296 g/mol. The third-order valence-electron chi connectivity index (χ3n) is 1.81.